The van der Waals surface area contributed by atoms with Gasteiger partial charge < -0.3 is 10.2 Å². The summed E-state index contributed by atoms with van der Waals surface area (Å²) in [6.45, 7) is 3.42. The van der Waals surface area contributed by atoms with Crippen LogP contribution in [0, 0.1) is 29.6 Å². The molecule has 96 valence electrons. The van der Waals surface area contributed by atoms with Crippen molar-refractivity contribution in [2.75, 3.05) is 6.61 Å². The minimum atomic E-state index is -0.981. The Morgan fingerprint density at radius 3 is 2.47 bits per heavy atom. The van der Waals surface area contributed by atoms with Crippen LogP contribution < -0.4 is 0 Å². The summed E-state index contributed by atoms with van der Waals surface area (Å²) in [7, 11) is 0. The molecule has 0 aliphatic heterocycles. The third-order valence-corrected chi connectivity index (χ3v) is 4.98. The third kappa shape index (κ3) is 2.39. The van der Waals surface area contributed by atoms with Crippen molar-refractivity contribution in [1.29, 1.82) is 0 Å². The van der Waals surface area contributed by atoms with Gasteiger partial charge in [0.1, 0.15) is 0 Å². The number of aliphatic carboxylic acids is 1. The average molecular weight is 238 g/mol. The normalized spacial score (nSPS) is 41.6. The topological polar surface area (TPSA) is 57.5 Å². The van der Waals surface area contributed by atoms with Crippen molar-refractivity contribution in [2.45, 2.75) is 32.1 Å². The molecule has 2 bridgehead atoms. The number of aliphatic hydroxyl groups is 1. The summed E-state index contributed by atoms with van der Waals surface area (Å²) in [5.74, 6) is 3.75. The van der Waals surface area contributed by atoms with Gasteiger partial charge in [-0.2, -0.15) is 0 Å². The van der Waals surface area contributed by atoms with Gasteiger partial charge in [0, 0.05) is 12.7 Å². The van der Waals surface area contributed by atoms with Gasteiger partial charge >= 0.3 is 5.97 Å². The lowest BCUT2D eigenvalue weighted by Gasteiger charge is -2.27. The van der Waals surface area contributed by atoms with Crippen LogP contribution in [0.25, 0.3) is 0 Å². The molecule has 0 aromatic heterocycles. The number of hydrogen-bond acceptors (Lipinski definition) is 2. The quantitative estimate of drug-likeness (QED) is 0.726. The Morgan fingerprint density at radius 1 is 1.24 bits per heavy atom. The van der Waals surface area contributed by atoms with E-state index in [1.807, 2.05) is 0 Å². The van der Waals surface area contributed by atoms with Crippen molar-refractivity contribution in [3.8, 4) is 0 Å². The highest BCUT2D eigenvalue weighted by atomic mass is 16.4. The lowest BCUT2D eigenvalue weighted by molar-refractivity contribution is -0.131. The predicted octanol–water partition coefficient (Wildman–Crippen LogP) is 2.31. The van der Waals surface area contributed by atoms with Gasteiger partial charge in [-0.05, 0) is 61.7 Å². The molecule has 3 aliphatic rings. The molecule has 3 nitrogen and oxygen atoms in total. The molecule has 0 radical (unpaired) electrons. The average Bonchev–Trinajstić information content (AvgIpc) is 3.01. The highest BCUT2D eigenvalue weighted by Crippen LogP contribution is 2.60. The smallest absolute Gasteiger partial charge is 0.327 e. The summed E-state index contributed by atoms with van der Waals surface area (Å²) < 4.78 is 0. The first-order chi connectivity index (χ1) is 8.17. The summed E-state index contributed by atoms with van der Waals surface area (Å²) in [6.07, 6.45) is 8.06. The van der Waals surface area contributed by atoms with Crippen molar-refractivity contribution in [3.63, 3.8) is 0 Å². The summed E-state index contributed by atoms with van der Waals surface area (Å²) in [5, 5.41) is 16.8. The van der Waals surface area contributed by atoms with Crippen molar-refractivity contribution >= 4 is 5.97 Å². The van der Waals surface area contributed by atoms with Crippen LogP contribution in [-0.4, -0.2) is 22.8 Å². The first-order valence-electron chi connectivity index (χ1n) is 6.63. The van der Waals surface area contributed by atoms with Gasteiger partial charge in [0.2, 0.25) is 0 Å². The first-order valence-corrected chi connectivity index (χ1v) is 6.63. The van der Waals surface area contributed by atoms with Gasteiger partial charge in [-0.3, -0.25) is 0 Å². The highest BCUT2D eigenvalue weighted by Gasteiger charge is 2.52. The number of carboxylic acid groups (broad SMARTS) is 1. The Kier molecular flexibility index (Phi) is 3.87. The maximum atomic E-state index is 9.25. The predicted molar refractivity (Wildman–Crippen MR) is 65.5 cm³/mol. The molecule has 3 fully saturated rings. The van der Waals surface area contributed by atoms with Crippen molar-refractivity contribution in [2.24, 2.45) is 29.6 Å². The van der Waals surface area contributed by atoms with Gasteiger partial charge in [0.15, 0.2) is 0 Å². The summed E-state index contributed by atoms with van der Waals surface area (Å²) in [5.41, 5.74) is 0. The number of fused-ring (bicyclic) bond motifs is 5. The van der Waals surface area contributed by atoms with E-state index in [2.05, 4.69) is 6.58 Å². The minimum absolute atomic E-state index is 0.463. The van der Waals surface area contributed by atoms with Crippen LogP contribution in [0.2, 0.25) is 0 Å². The zero-order valence-electron chi connectivity index (χ0n) is 10.2. The summed E-state index contributed by atoms with van der Waals surface area (Å²) in [4.78, 5) is 9.25. The fourth-order valence-corrected chi connectivity index (χ4v) is 4.43. The van der Waals surface area contributed by atoms with Crippen LogP contribution in [0.1, 0.15) is 32.1 Å². The Bertz CT molecular complexity index is 298. The molecule has 0 aromatic carbocycles. The molecule has 17 heavy (non-hydrogen) atoms. The van der Waals surface area contributed by atoms with Crippen LogP contribution in [-0.2, 0) is 4.79 Å². The molecule has 0 aromatic rings. The molecule has 3 aliphatic carbocycles. The molecular formula is C14H22O3. The number of rotatable bonds is 2. The molecule has 0 heterocycles. The molecule has 0 amide bonds. The number of aliphatic hydroxyl groups excluding tert-OH is 1. The summed E-state index contributed by atoms with van der Waals surface area (Å²) in [6, 6.07) is 0. The Morgan fingerprint density at radius 2 is 1.88 bits per heavy atom. The molecule has 3 heteroatoms. The Balaban J connectivity index is 0.000000188. The molecular weight excluding hydrogens is 216 g/mol. The van der Waals surface area contributed by atoms with Crippen LogP contribution in [0.4, 0.5) is 0 Å². The molecule has 3 rings (SSSR count). The molecule has 0 spiro atoms. The summed E-state index contributed by atoms with van der Waals surface area (Å²) >= 11 is 0. The molecule has 5 atom stereocenters. The van der Waals surface area contributed by atoms with E-state index >= 15 is 0 Å². The first kappa shape index (κ1) is 12.6. The van der Waals surface area contributed by atoms with Gasteiger partial charge in [-0.25, -0.2) is 4.79 Å². The number of carbonyl (C=O) groups is 1. The molecule has 5 unspecified atom stereocenters. The second kappa shape index (κ2) is 5.21. The van der Waals surface area contributed by atoms with Crippen molar-refractivity contribution in [1.82, 2.24) is 0 Å². The van der Waals surface area contributed by atoms with Crippen molar-refractivity contribution in [3.05, 3.63) is 12.7 Å². The van der Waals surface area contributed by atoms with Crippen molar-refractivity contribution < 1.29 is 15.0 Å². The fraction of sp³-hybridized carbons (Fsp3) is 0.786. The lowest BCUT2D eigenvalue weighted by atomic mass is 9.78. The number of carboxylic acids is 1. The Labute approximate surface area is 103 Å². The van der Waals surface area contributed by atoms with Crippen LogP contribution in [0.5, 0.6) is 0 Å². The maximum Gasteiger partial charge on any atom is 0.327 e. The highest BCUT2D eigenvalue weighted by molar-refractivity contribution is 5.78. The van der Waals surface area contributed by atoms with Gasteiger partial charge in [0.05, 0.1) is 0 Å². The standard InChI is InChI=1S/C11H18O.C3H4O2/c12-6-9-3-4-10-7-1-2-8(5-7)11(9)10;1-2-3(4)5/h7-12H,1-6H2;2H,1H2,(H,4,5). The van der Waals surface area contributed by atoms with E-state index in [0.29, 0.717) is 12.5 Å². The molecule has 2 N–H and O–H groups in total. The van der Waals surface area contributed by atoms with E-state index < -0.39 is 5.97 Å². The van der Waals surface area contributed by atoms with Gasteiger partial charge in [-0.1, -0.05) is 6.58 Å². The Hall–Kier alpha value is -0.830. The number of hydrogen-bond donors (Lipinski definition) is 2. The van der Waals surface area contributed by atoms with E-state index in [1.165, 1.54) is 32.1 Å². The molecule has 0 saturated heterocycles. The van der Waals surface area contributed by atoms with Crippen LogP contribution in [0.15, 0.2) is 12.7 Å². The zero-order chi connectivity index (χ0) is 12.4. The second-order valence-electron chi connectivity index (χ2n) is 5.64. The fourth-order valence-electron chi connectivity index (χ4n) is 4.43. The lowest BCUT2D eigenvalue weighted by Crippen LogP contribution is -2.23. The SMILES string of the molecule is C=CC(=O)O.OCC1CCC2C3CCC(C3)C12. The maximum absolute atomic E-state index is 9.25. The third-order valence-electron chi connectivity index (χ3n) is 4.98. The minimum Gasteiger partial charge on any atom is -0.478 e. The van der Waals surface area contributed by atoms with Crippen LogP contribution in [0.3, 0.4) is 0 Å². The van der Waals surface area contributed by atoms with Gasteiger partial charge in [-0.15, -0.1) is 0 Å². The van der Waals surface area contributed by atoms with E-state index in [1.54, 1.807) is 0 Å². The van der Waals surface area contributed by atoms with Gasteiger partial charge in [0.25, 0.3) is 0 Å². The van der Waals surface area contributed by atoms with E-state index in [4.69, 9.17) is 5.11 Å². The molecule has 3 saturated carbocycles. The van der Waals surface area contributed by atoms with Crippen LogP contribution >= 0.6 is 0 Å². The monoisotopic (exact) mass is 238 g/mol. The second-order valence-corrected chi connectivity index (χ2v) is 5.64. The van der Waals surface area contributed by atoms with E-state index in [-0.39, 0.29) is 0 Å². The largest absolute Gasteiger partial charge is 0.478 e. The van der Waals surface area contributed by atoms with E-state index in [9.17, 15) is 9.90 Å². The van der Waals surface area contributed by atoms with E-state index in [0.717, 1.165) is 29.7 Å². The zero-order valence-corrected chi connectivity index (χ0v) is 10.2.